The van der Waals surface area contributed by atoms with Crippen LogP contribution in [0.15, 0.2) is 0 Å². The van der Waals surface area contributed by atoms with Gasteiger partial charge in [-0.2, -0.15) is 5.10 Å². The van der Waals surface area contributed by atoms with Gasteiger partial charge >= 0.3 is 5.97 Å². The number of carbonyl (C=O) groups is 1. The van der Waals surface area contributed by atoms with E-state index in [1.807, 2.05) is 0 Å². The molecule has 104 valence electrons. The zero-order valence-electron chi connectivity index (χ0n) is 11.1. The van der Waals surface area contributed by atoms with Crippen LogP contribution in [0.2, 0.25) is 0 Å². The highest BCUT2D eigenvalue weighted by molar-refractivity contribution is 5.89. The molecule has 0 amide bonds. The summed E-state index contributed by atoms with van der Waals surface area (Å²) in [4.78, 5) is 11.4. The van der Waals surface area contributed by atoms with E-state index >= 15 is 0 Å². The fourth-order valence-electron chi connectivity index (χ4n) is 3.66. The fraction of sp³-hybridized carbons (Fsp3) is 0.714. The Labute approximate surface area is 112 Å². The minimum Gasteiger partial charge on any atom is -0.476 e. The number of aromatic carboxylic acids is 1. The standard InChI is InChI=1S/C14H21N3O2/c15-13-11(9-5-1-2-6-9)12(14(18)19)16-17(13)10-7-3-4-8-10/h9-10H,1-8,15H2,(H,18,19). The summed E-state index contributed by atoms with van der Waals surface area (Å²) in [5.41, 5.74) is 7.23. The van der Waals surface area contributed by atoms with Crippen LogP contribution in [-0.2, 0) is 0 Å². The molecule has 5 nitrogen and oxygen atoms in total. The molecule has 0 atom stereocenters. The summed E-state index contributed by atoms with van der Waals surface area (Å²) in [6.45, 7) is 0. The maximum atomic E-state index is 11.4. The Morgan fingerprint density at radius 2 is 1.74 bits per heavy atom. The molecule has 2 aliphatic rings. The number of hydrogen-bond donors (Lipinski definition) is 2. The number of aromatic nitrogens is 2. The quantitative estimate of drug-likeness (QED) is 0.878. The average Bonchev–Trinajstić information content (AvgIpc) is 3.07. The molecule has 2 fully saturated rings. The second kappa shape index (κ2) is 4.87. The van der Waals surface area contributed by atoms with Crippen molar-refractivity contribution in [3.05, 3.63) is 11.3 Å². The van der Waals surface area contributed by atoms with Crippen LogP contribution in [-0.4, -0.2) is 20.9 Å². The van der Waals surface area contributed by atoms with Gasteiger partial charge in [0.05, 0.1) is 6.04 Å². The van der Waals surface area contributed by atoms with E-state index in [-0.39, 0.29) is 5.69 Å². The summed E-state index contributed by atoms with van der Waals surface area (Å²) in [6, 6.07) is 0.299. The Morgan fingerprint density at radius 1 is 1.16 bits per heavy atom. The number of nitrogens with zero attached hydrogens (tertiary/aromatic N) is 2. The van der Waals surface area contributed by atoms with Gasteiger partial charge in [-0.15, -0.1) is 0 Å². The van der Waals surface area contributed by atoms with Gasteiger partial charge in [-0.25, -0.2) is 9.48 Å². The summed E-state index contributed by atoms with van der Waals surface area (Å²) in [6.07, 6.45) is 8.91. The number of carboxylic acids is 1. The third-order valence-corrected chi connectivity index (χ3v) is 4.62. The van der Waals surface area contributed by atoms with Gasteiger partial charge in [0.25, 0.3) is 0 Å². The fourth-order valence-corrected chi connectivity index (χ4v) is 3.66. The highest BCUT2D eigenvalue weighted by atomic mass is 16.4. The smallest absolute Gasteiger partial charge is 0.356 e. The number of nitrogen functional groups attached to an aromatic ring is 1. The minimum absolute atomic E-state index is 0.191. The lowest BCUT2D eigenvalue weighted by molar-refractivity contribution is 0.0687. The van der Waals surface area contributed by atoms with Crippen molar-refractivity contribution in [1.29, 1.82) is 0 Å². The Kier molecular flexibility index (Phi) is 3.21. The van der Waals surface area contributed by atoms with E-state index in [9.17, 15) is 9.90 Å². The van der Waals surface area contributed by atoms with Crippen molar-refractivity contribution in [2.24, 2.45) is 0 Å². The first-order chi connectivity index (χ1) is 9.18. The van der Waals surface area contributed by atoms with Gasteiger partial charge < -0.3 is 10.8 Å². The molecular formula is C14H21N3O2. The summed E-state index contributed by atoms with van der Waals surface area (Å²) in [5.74, 6) is -0.0391. The Balaban J connectivity index is 2.02. The van der Waals surface area contributed by atoms with Crippen LogP contribution in [0.5, 0.6) is 0 Å². The molecular weight excluding hydrogens is 242 g/mol. The van der Waals surface area contributed by atoms with Crippen LogP contribution in [0, 0.1) is 0 Å². The monoisotopic (exact) mass is 263 g/mol. The van der Waals surface area contributed by atoms with Crippen molar-refractivity contribution >= 4 is 11.8 Å². The van der Waals surface area contributed by atoms with Crippen molar-refractivity contribution in [3.8, 4) is 0 Å². The van der Waals surface area contributed by atoms with Crippen LogP contribution in [0.4, 0.5) is 5.82 Å². The van der Waals surface area contributed by atoms with Crippen molar-refractivity contribution in [2.75, 3.05) is 5.73 Å². The van der Waals surface area contributed by atoms with Crippen molar-refractivity contribution in [2.45, 2.75) is 63.3 Å². The third kappa shape index (κ3) is 2.11. The number of hydrogen-bond acceptors (Lipinski definition) is 3. The van der Waals surface area contributed by atoms with E-state index in [1.54, 1.807) is 4.68 Å². The van der Waals surface area contributed by atoms with Crippen LogP contribution < -0.4 is 5.73 Å². The number of carboxylic acid groups (broad SMARTS) is 1. The number of nitrogens with two attached hydrogens (primary N) is 1. The van der Waals surface area contributed by atoms with Crippen molar-refractivity contribution in [3.63, 3.8) is 0 Å². The Bertz CT molecular complexity index is 483. The summed E-state index contributed by atoms with van der Waals surface area (Å²) in [5, 5.41) is 13.7. The molecule has 2 saturated carbocycles. The van der Waals surface area contributed by atoms with E-state index in [4.69, 9.17) is 5.73 Å². The maximum absolute atomic E-state index is 11.4. The number of anilines is 1. The zero-order chi connectivity index (χ0) is 13.4. The third-order valence-electron chi connectivity index (χ3n) is 4.62. The molecule has 0 spiro atoms. The normalized spacial score (nSPS) is 21.3. The maximum Gasteiger partial charge on any atom is 0.356 e. The van der Waals surface area contributed by atoms with E-state index in [1.165, 1.54) is 12.8 Å². The number of rotatable bonds is 3. The molecule has 1 heterocycles. The van der Waals surface area contributed by atoms with E-state index < -0.39 is 5.97 Å². The second-order valence-corrected chi connectivity index (χ2v) is 5.82. The lowest BCUT2D eigenvalue weighted by Crippen LogP contribution is -2.11. The molecule has 0 unspecified atom stereocenters. The van der Waals surface area contributed by atoms with Gasteiger partial charge in [-0.05, 0) is 31.6 Å². The highest BCUT2D eigenvalue weighted by Gasteiger charge is 2.31. The van der Waals surface area contributed by atoms with Gasteiger partial charge in [-0.3, -0.25) is 0 Å². The first-order valence-electron chi connectivity index (χ1n) is 7.29. The average molecular weight is 263 g/mol. The second-order valence-electron chi connectivity index (χ2n) is 5.82. The predicted molar refractivity (Wildman–Crippen MR) is 72.3 cm³/mol. The highest BCUT2D eigenvalue weighted by Crippen LogP contribution is 2.41. The minimum atomic E-state index is -0.939. The molecule has 2 aliphatic carbocycles. The lowest BCUT2D eigenvalue weighted by atomic mass is 9.97. The molecule has 0 saturated heterocycles. The lowest BCUT2D eigenvalue weighted by Gasteiger charge is -2.13. The van der Waals surface area contributed by atoms with Crippen molar-refractivity contribution in [1.82, 2.24) is 9.78 Å². The first-order valence-corrected chi connectivity index (χ1v) is 7.29. The molecule has 1 aromatic heterocycles. The van der Waals surface area contributed by atoms with Crippen LogP contribution in [0.3, 0.4) is 0 Å². The molecule has 3 N–H and O–H groups in total. The summed E-state index contributed by atoms with van der Waals surface area (Å²) >= 11 is 0. The van der Waals surface area contributed by atoms with Gasteiger partial charge in [0.1, 0.15) is 5.82 Å². The Hall–Kier alpha value is -1.52. The molecule has 3 rings (SSSR count). The summed E-state index contributed by atoms with van der Waals surface area (Å²) < 4.78 is 1.80. The molecule has 0 aromatic carbocycles. The zero-order valence-corrected chi connectivity index (χ0v) is 11.1. The van der Waals surface area contributed by atoms with Crippen LogP contribution >= 0.6 is 0 Å². The van der Waals surface area contributed by atoms with E-state index in [2.05, 4.69) is 5.10 Å². The van der Waals surface area contributed by atoms with Gasteiger partial charge in [0.2, 0.25) is 0 Å². The molecule has 0 radical (unpaired) electrons. The largest absolute Gasteiger partial charge is 0.476 e. The first kappa shape index (κ1) is 12.5. The van der Waals surface area contributed by atoms with E-state index in [0.29, 0.717) is 17.8 Å². The van der Waals surface area contributed by atoms with E-state index in [0.717, 1.165) is 44.1 Å². The van der Waals surface area contributed by atoms with Gasteiger partial charge in [-0.1, -0.05) is 25.7 Å². The van der Waals surface area contributed by atoms with Gasteiger partial charge in [0.15, 0.2) is 5.69 Å². The molecule has 5 heteroatoms. The van der Waals surface area contributed by atoms with Gasteiger partial charge in [0, 0.05) is 5.56 Å². The SMILES string of the molecule is Nc1c(C2CCCC2)c(C(=O)O)nn1C1CCCC1. The topological polar surface area (TPSA) is 81.1 Å². The van der Waals surface area contributed by atoms with Crippen LogP contribution in [0.1, 0.15) is 79.4 Å². The molecule has 19 heavy (non-hydrogen) atoms. The molecule has 0 bridgehead atoms. The molecule has 1 aromatic rings. The Morgan fingerprint density at radius 3 is 2.32 bits per heavy atom. The predicted octanol–water partition coefficient (Wildman–Crippen LogP) is 2.94. The van der Waals surface area contributed by atoms with Crippen molar-refractivity contribution < 1.29 is 9.90 Å². The summed E-state index contributed by atoms with van der Waals surface area (Å²) in [7, 11) is 0. The molecule has 0 aliphatic heterocycles. The van der Waals surface area contributed by atoms with Crippen LogP contribution in [0.25, 0.3) is 0 Å².